The molecular formula is C18H17FN8O7S3. The van der Waals surface area contributed by atoms with Gasteiger partial charge in [0, 0.05) is 18.6 Å². The van der Waals surface area contributed by atoms with E-state index in [0.717, 1.165) is 23.8 Å². The Morgan fingerprint density at radius 2 is 2.11 bits per heavy atom. The standard InChI is InChI=1S/C18H17FN8O7S3/c1-26-18(23-12(29)13(30)24-26)36-4-5-3-35-15-8(14(31)27(15)9(5)16(32)33)21-11(28)7(25-34-2)6-10(19)37-17(20)22-6/h8,15H,3-4H2,1-2H3,(H2,20,22)(H,21,28)(H,24,30)(H,32,33)/b25-7-/t8-,15-/m1/s1. The highest BCUT2D eigenvalue weighted by atomic mass is 32.2. The van der Waals surface area contributed by atoms with Crippen molar-refractivity contribution in [3.63, 3.8) is 0 Å². The van der Waals surface area contributed by atoms with Crippen molar-refractivity contribution in [3.05, 3.63) is 42.8 Å². The predicted molar refractivity (Wildman–Crippen MR) is 131 cm³/mol. The third-order valence-electron chi connectivity index (χ3n) is 5.08. The zero-order chi connectivity index (χ0) is 27.0. The summed E-state index contributed by atoms with van der Waals surface area (Å²) in [5.41, 5.74) is 2.73. The third-order valence-corrected chi connectivity index (χ3v) is 8.21. The Bertz CT molecular complexity index is 1480. The second kappa shape index (κ2) is 10.3. The molecule has 19 heteroatoms. The number of hydrogen-bond donors (Lipinski definition) is 4. The number of aromatic amines is 1. The van der Waals surface area contributed by atoms with Crippen LogP contribution in [0.25, 0.3) is 0 Å². The maximum atomic E-state index is 14.1. The summed E-state index contributed by atoms with van der Waals surface area (Å²) < 4.78 is 15.4. The molecule has 2 aliphatic rings. The molecule has 0 bridgehead atoms. The van der Waals surface area contributed by atoms with Gasteiger partial charge in [-0.05, 0) is 5.57 Å². The van der Waals surface area contributed by atoms with Crippen LogP contribution in [0.1, 0.15) is 5.69 Å². The molecule has 37 heavy (non-hydrogen) atoms. The number of thioether (sulfide) groups is 2. The normalized spacial score (nSPS) is 19.4. The van der Waals surface area contributed by atoms with Crippen LogP contribution in [0, 0.1) is 5.13 Å². The average molecular weight is 573 g/mol. The van der Waals surface area contributed by atoms with Crippen molar-refractivity contribution in [3.8, 4) is 0 Å². The minimum absolute atomic E-state index is 0.0592. The number of carboxylic acid groups (broad SMARTS) is 1. The number of aliphatic carboxylic acids is 1. The van der Waals surface area contributed by atoms with Crippen LogP contribution in [0.15, 0.2) is 31.2 Å². The molecular weight excluding hydrogens is 555 g/mol. The van der Waals surface area contributed by atoms with Gasteiger partial charge in [0.05, 0.1) is 0 Å². The van der Waals surface area contributed by atoms with Crippen molar-refractivity contribution in [2.24, 2.45) is 12.2 Å². The summed E-state index contributed by atoms with van der Waals surface area (Å²) in [6, 6.07) is -1.12. The summed E-state index contributed by atoms with van der Waals surface area (Å²) in [5, 5.41) is 16.4. The summed E-state index contributed by atoms with van der Waals surface area (Å²) in [6.45, 7) is 0. The first-order chi connectivity index (χ1) is 17.5. The minimum Gasteiger partial charge on any atom is -0.477 e. The number of carbonyl (C=O) groups excluding carboxylic acids is 2. The Morgan fingerprint density at radius 1 is 1.38 bits per heavy atom. The van der Waals surface area contributed by atoms with Crippen LogP contribution in [0.5, 0.6) is 0 Å². The number of halogens is 1. The fourth-order valence-corrected chi connectivity index (χ4v) is 6.46. The largest absolute Gasteiger partial charge is 0.477 e. The molecule has 2 amide bonds. The van der Waals surface area contributed by atoms with Crippen molar-refractivity contribution in [1.82, 2.24) is 30.0 Å². The second-order valence-corrected chi connectivity index (χ2v) is 10.4. The van der Waals surface area contributed by atoms with E-state index in [0.29, 0.717) is 16.9 Å². The minimum atomic E-state index is -1.36. The Labute approximate surface area is 217 Å². The molecule has 0 aromatic carbocycles. The number of nitrogens with zero attached hydrogens (tertiary/aromatic N) is 5. The Hall–Kier alpha value is -3.71. The molecule has 4 heterocycles. The van der Waals surface area contributed by atoms with Crippen LogP contribution in [0.3, 0.4) is 0 Å². The molecule has 2 atom stereocenters. The van der Waals surface area contributed by atoms with E-state index in [1.165, 1.54) is 23.5 Å². The number of nitrogen functional groups attached to an aromatic ring is 1. The predicted octanol–water partition coefficient (Wildman–Crippen LogP) is -1.47. The smallest absolute Gasteiger partial charge is 0.352 e. The monoisotopic (exact) mass is 572 g/mol. The number of carbonyl (C=O) groups is 3. The van der Waals surface area contributed by atoms with Gasteiger partial charge in [-0.15, -0.1) is 11.8 Å². The number of nitrogens with one attached hydrogen (secondary N) is 2. The van der Waals surface area contributed by atoms with Crippen molar-refractivity contribution in [2.45, 2.75) is 16.6 Å². The Balaban J connectivity index is 1.52. The lowest BCUT2D eigenvalue weighted by atomic mass is 10.0. The number of amides is 2. The van der Waals surface area contributed by atoms with Gasteiger partial charge in [0.15, 0.2) is 16.0 Å². The van der Waals surface area contributed by atoms with E-state index in [2.05, 4.69) is 30.4 Å². The van der Waals surface area contributed by atoms with Crippen LogP contribution in [0.2, 0.25) is 0 Å². The molecule has 196 valence electrons. The SMILES string of the molecule is CO/N=C(\C(=O)N[C@@H]1C(=O)N2C(C(=O)O)=C(CSc3nc(=O)c(=O)[nH]n3C)CS[C@H]12)c1nc(N)sc1F. The highest BCUT2D eigenvalue weighted by Gasteiger charge is 2.54. The zero-order valence-corrected chi connectivity index (χ0v) is 21.3. The number of fused-ring (bicyclic) bond motifs is 1. The summed E-state index contributed by atoms with van der Waals surface area (Å²) in [5.74, 6) is -2.77. The Kier molecular flexibility index (Phi) is 7.37. The van der Waals surface area contributed by atoms with Gasteiger partial charge in [-0.1, -0.05) is 28.3 Å². The first kappa shape index (κ1) is 26.4. The van der Waals surface area contributed by atoms with Crippen LogP contribution < -0.4 is 22.2 Å². The molecule has 2 aromatic heterocycles. The number of anilines is 1. The molecule has 0 aliphatic carbocycles. The maximum Gasteiger partial charge on any atom is 0.352 e. The number of aromatic nitrogens is 4. The highest BCUT2D eigenvalue weighted by molar-refractivity contribution is 8.01. The summed E-state index contributed by atoms with van der Waals surface area (Å²) >= 11 is 2.70. The van der Waals surface area contributed by atoms with Crippen LogP contribution >= 0.6 is 34.9 Å². The molecule has 2 aliphatic heterocycles. The third kappa shape index (κ3) is 4.96. The van der Waals surface area contributed by atoms with Crippen molar-refractivity contribution < 1.29 is 28.7 Å². The first-order valence-electron chi connectivity index (χ1n) is 10.1. The van der Waals surface area contributed by atoms with Crippen molar-refractivity contribution >= 4 is 63.5 Å². The van der Waals surface area contributed by atoms with Gasteiger partial charge in [-0.3, -0.25) is 33.9 Å². The lowest BCUT2D eigenvalue weighted by Crippen LogP contribution is -2.71. The number of carboxylic acids is 1. The van der Waals surface area contributed by atoms with Crippen LogP contribution in [-0.2, 0) is 26.3 Å². The van der Waals surface area contributed by atoms with Gasteiger partial charge >= 0.3 is 17.1 Å². The zero-order valence-electron chi connectivity index (χ0n) is 18.9. The maximum absolute atomic E-state index is 14.1. The van der Waals surface area contributed by atoms with Gasteiger partial charge in [0.2, 0.25) is 5.13 Å². The molecule has 4 rings (SSSR count). The quantitative estimate of drug-likeness (QED) is 0.0937. The van der Waals surface area contributed by atoms with E-state index >= 15 is 0 Å². The number of nitrogens with two attached hydrogens (primary N) is 1. The number of rotatable bonds is 8. The molecule has 1 fully saturated rings. The van der Waals surface area contributed by atoms with Gasteiger partial charge in [-0.25, -0.2) is 9.78 Å². The summed E-state index contributed by atoms with van der Waals surface area (Å²) in [4.78, 5) is 73.7. The van der Waals surface area contributed by atoms with E-state index in [9.17, 15) is 33.5 Å². The molecule has 0 unspecified atom stereocenters. The lowest BCUT2D eigenvalue weighted by Gasteiger charge is -2.49. The molecule has 0 spiro atoms. The van der Waals surface area contributed by atoms with E-state index in [4.69, 9.17) is 5.73 Å². The topological polar surface area (TPSA) is 215 Å². The Morgan fingerprint density at radius 3 is 2.73 bits per heavy atom. The second-order valence-electron chi connectivity index (χ2n) is 7.40. The van der Waals surface area contributed by atoms with E-state index in [1.54, 1.807) is 0 Å². The van der Waals surface area contributed by atoms with Gasteiger partial charge in [0.1, 0.15) is 29.9 Å². The fraction of sp³-hybridized carbons (Fsp3) is 0.333. The number of H-pyrrole nitrogens is 1. The van der Waals surface area contributed by atoms with Crippen molar-refractivity contribution in [2.75, 3.05) is 24.3 Å². The van der Waals surface area contributed by atoms with Gasteiger partial charge < -0.3 is 21.0 Å². The fourth-order valence-electron chi connectivity index (χ4n) is 3.49. The van der Waals surface area contributed by atoms with Crippen LogP contribution in [0.4, 0.5) is 9.52 Å². The lowest BCUT2D eigenvalue weighted by molar-refractivity contribution is -0.150. The van der Waals surface area contributed by atoms with E-state index in [1.807, 2.05) is 0 Å². The highest BCUT2D eigenvalue weighted by Crippen LogP contribution is 2.41. The van der Waals surface area contributed by atoms with Crippen LogP contribution in [-0.4, -0.2) is 83.3 Å². The molecule has 2 aromatic rings. The molecule has 1 saturated heterocycles. The number of hydrogen-bond acceptors (Lipinski definition) is 13. The number of oxime groups is 1. The molecule has 15 nitrogen and oxygen atoms in total. The average Bonchev–Trinajstić information content (AvgIpc) is 3.18. The van der Waals surface area contributed by atoms with E-state index < -0.39 is 56.9 Å². The van der Waals surface area contributed by atoms with Gasteiger partial charge in [0.25, 0.3) is 11.8 Å². The van der Waals surface area contributed by atoms with E-state index in [-0.39, 0.29) is 27.5 Å². The summed E-state index contributed by atoms with van der Waals surface area (Å²) in [6.07, 6.45) is 0. The number of β-lactam (4-membered cyclic amide) rings is 1. The number of aryl methyl sites for hydroxylation is 1. The summed E-state index contributed by atoms with van der Waals surface area (Å²) in [7, 11) is 2.60. The molecule has 0 saturated carbocycles. The van der Waals surface area contributed by atoms with Crippen molar-refractivity contribution in [1.29, 1.82) is 0 Å². The first-order valence-corrected chi connectivity index (χ1v) is 12.9. The van der Waals surface area contributed by atoms with Gasteiger partial charge in [-0.2, -0.15) is 9.37 Å². The molecule has 0 radical (unpaired) electrons. The number of thiazole rings is 1. The molecule has 5 N–H and O–H groups in total.